The molecule has 0 saturated carbocycles. The fraction of sp³-hybridized carbons (Fsp3) is 0.346. The van der Waals surface area contributed by atoms with Crippen molar-refractivity contribution in [3.63, 3.8) is 0 Å². The first-order valence-corrected chi connectivity index (χ1v) is 11.6. The summed E-state index contributed by atoms with van der Waals surface area (Å²) in [7, 11) is 0. The van der Waals surface area contributed by atoms with Gasteiger partial charge in [0.2, 0.25) is 0 Å². The molecule has 10 heteroatoms. The number of hydrogen-bond acceptors (Lipinski definition) is 8. The van der Waals surface area contributed by atoms with Crippen molar-refractivity contribution >= 4 is 40.3 Å². The Kier molecular flexibility index (Phi) is 8.08. The van der Waals surface area contributed by atoms with Crippen LogP contribution in [0.2, 0.25) is 0 Å². The minimum absolute atomic E-state index is 0.0234. The number of carbonyl (C=O) groups is 4. The summed E-state index contributed by atoms with van der Waals surface area (Å²) in [5.41, 5.74) is 3.00. The van der Waals surface area contributed by atoms with Gasteiger partial charge >= 0.3 is 23.8 Å². The Balaban J connectivity index is 1.93. The molecule has 1 heterocycles. The van der Waals surface area contributed by atoms with Crippen LogP contribution in [0.4, 0.5) is 5.69 Å². The van der Waals surface area contributed by atoms with E-state index in [1.165, 1.54) is 0 Å². The predicted molar refractivity (Wildman–Crippen MR) is 132 cm³/mol. The van der Waals surface area contributed by atoms with E-state index < -0.39 is 23.8 Å². The number of aryl methyl sites for hydroxylation is 2. The average molecular weight is 496 g/mol. The van der Waals surface area contributed by atoms with Crippen molar-refractivity contribution in [2.45, 2.75) is 47.5 Å². The largest absolute Gasteiger partial charge is 0.459 e. The van der Waals surface area contributed by atoms with Gasteiger partial charge in [-0.25, -0.2) is 9.59 Å². The maximum atomic E-state index is 12.6. The number of fused-ring (bicyclic) bond motifs is 1. The highest BCUT2D eigenvalue weighted by Gasteiger charge is 2.24. The number of carbonyl (C=O) groups excluding carboxylic acids is 4. The Morgan fingerprint density at radius 1 is 0.944 bits per heavy atom. The minimum atomic E-state index is -0.973. The SMILES string of the molecule is CCOC(=O)C(=O)Nc1cc(C)c(Oc2ccc3c(c2)c(C(C)C)nn3C(=O)C(=O)OCC)c(C)c1. The van der Waals surface area contributed by atoms with Crippen LogP contribution < -0.4 is 10.1 Å². The highest BCUT2D eigenvalue weighted by Crippen LogP contribution is 2.34. The summed E-state index contributed by atoms with van der Waals surface area (Å²) in [5, 5.41) is 7.57. The summed E-state index contributed by atoms with van der Waals surface area (Å²) in [6.45, 7) is 10.9. The molecule has 0 atom stereocenters. The summed E-state index contributed by atoms with van der Waals surface area (Å²) in [6.07, 6.45) is 0. The van der Waals surface area contributed by atoms with Crippen molar-refractivity contribution in [1.29, 1.82) is 0 Å². The molecule has 36 heavy (non-hydrogen) atoms. The van der Waals surface area contributed by atoms with Crippen LogP contribution in [0.15, 0.2) is 30.3 Å². The lowest BCUT2D eigenvalue weighted by Crippen LogP contribution is -2.25. The second kappa shape index (κ2) is 11.0. The summed E-state index contributed by atoms with van der Waals surface area (Å²) in [4.78, 5) is 48.1. The first-order chi connectivity index (χ1) is 17.1. The lowest BCUT2D eigenvalue weighted by molar-refractivity contribution is -0.152. The molecule has 0 saturated heterocycles. The molecule has 10 nitrogen and oxygen atoms in total. The van der Waals surface area contributed by atoms with E-state index in [0.29, 0.717) is 33.8 Å². The van der Waals surface area contributed by atoms with Gasteiger partial charge in [-0.05, 0) is 75.1 Å². The van der Waals surface area contributed by atoms with Gasteiger partial charge < -0.3 is 19.5 Å². The number of nitrogens with one attached hydrogen (secondary N) is 1. The number of hydrogen-bond donors (Lipinski definition) is 1. The van der Waals surface area contributed by atoms with Crippen molar-refractivity contribution < 1.29 is 33.4 Å². The van der Waals surface area contributed by atoms with Crippen LogP contribution in [0, 0.1) is 13.8 Å². The van der Waals surface area contributed by atoms with Crippen LogP contribution in [-0.2, 0) is 23.9 Å². The number of benzene rings is 2. The molecule has 0 fully saturated rings. The standard InChI is InChI=1S/C26H29N3O7/c1-7-34-25(32)23(30)27-17-11-15(5)22(16(6)12-17)36-18-9-10-20-19(13-18)21(14(3)4)28-29(20)24(31)26(33)35-8-2/h9-14H,7-8H2,1-6H3,(H,27,30). The third-order valence-electron chi connectivity index (χ3n) is 5.27. The third kappa shape index (κ3) is 5.54. The van der Waals surface area contributed by atoms with E-state index in [0.717, 1.165) is 15.8 Å². The average Bonchev–Trinajstić information content (AvgIpc) is 3.20. The van der Waals surface area contributed by atoms with Gasteiger partial charge in [0.25, 0.3) is 0 Å². The van der Waals surface area contributed by atoms with Gasteiger partial charge in [-0.15, -0.1) is 0 Å². The molecule has 190 valence electrons. The highest BCUT2D eigenvalue weighted by atomic mass is 16.5. The molecular formula is C26H29N3O7. The van der Waals surface area contributed by atoms with Crippen LogP contribution in [0.3, 0.4) is 0 Å². The van der Waals surface area contributed by atoms with Crippen LogP contribution in [-0.4, -0.2) is 46.7 Å². The molecule has 0 bridgehead atoms. The molecule has 0 spiro atoms. The maximum Gasteiger partial charge on any atom is 0.399 e. The van der Waals surface area contributed by atoms with Gasteiger partial charge in [-0.2, -0.15) is 9.78 Å². The summed E-state index contributed by atoms with van der Waals surface area (Å²) in [5.74, 6) is -2.60. The van der Waals surface area contributed by atoms with Gasteiger partial charge in [0.15, 0.2) is 0 Å². The zero-order valence-corrected chi connectivity index (χ0v) is 21.1. The molecule has 1 N–H and O–H groups in total. The molecule has 0 aliphatic rings. The maximum absolute atomic E-state index is 12.6. The van der Waals surface area contributed by atoms with Crippen molar-refractivity contribution in [3.8, 4) is 11.5 Å². The molecular weight excluding hydrogens is 466 g/mol. The summed E-state index contributed by atoms with van der Waals surface area (Å²) in [6, 6.07) is 8.49. The van der Waals surface area contributed by atoms with E-state index in [1.807, 2.05) is 27.7 Å². The Morgan fingerprint density at radius 3 is 2.14 bits per heavy atom. The molecule has 0 aliphatic carbocycles. The van der Waals surface area contributed by atoms with Crippen LogP contribution in [0.1, 0.15) is 55.2 Å². The number of aromatic nitrogens is 2. The second-order valence-corrected chi connectivity index (χ2v) is 8.37. The quantitative estimate of drug-likeness (QED) is 0.397. The van der Waals surface area contributed by atoms with Crippen molar-refractivity contribution in [2.24, 2.45) is 0 Å². The Morgan fingerprint density at radius 2 is 1.56 bits per heavy atom. The second-order valence-electron chi connectivity index (χ2n) is 8.37. The van der Waals surface area contributed by atoms with E-state index >= 15 is 0 Å². The number of amides is 1. The van der Waals surface area contributed by atoms with Crippen molar-refractivity contribution in [3.05, 3.63) is 47.2 Å². The Bertz CT molecular complexity index is 1320. The van der Waals surface area contributed by atoms with E-state index in [4.69, 9.17) is 14.2 Å². The predicted octanol–water partition coefficient (Wildman–Crippen LogP) is 4.27. The fourth-order valence-electron chi connectivity index (χ4n) is 3.72. The number of nitrogens with zero attached hydrogens (tertiary/aromatic N) is 2. The van der Waals surface area contributed by atoms with E-state index in [1.54, 1.807) is 44.2 Å². The fourth-order valence-corrected chi connectivity index (χ4v) is 3.72. The third-order valence-corrected chi connectivity index (χ3v) is 5.27. The zero-order chi connectivity index (χ0) is 26.6. The molecule has 3 rings (SSSR count). The molecule has 3 aromatic rings. The number of esters is 2. The van der Waals surface area contributed by atoms with E-state index in [9.17, 15) is 19.2 Å². The zero-order valence-electron chi connectivity index (χ0n) is 21.1. The summed E-state index contributed by atoms with van der Waals surface area (Å²) < 4.78 is 16.8. The van der Waals surface area contributed by atoms with Crippen molar-refractivity contribution in [2.75, 3.05) is 18.5 Å². The van der Waals surface area contributed by atoms with Crippen LogP contribution in [0.25, 0.3) is 10.9 Å². The Labute approximate surface area is 208 Å². The van der Waals surface area contributed by atoms with E-state index in [-0.39, 0.29) is 19.1 Å². The minimum Gasteiger partial charge on any atom is -0.459 e. The normalized spacial score (nSPS) is 10.9. The monoisotopic (exact) mass is 495 g/mol. The lowest BCUT2D eigenvalue weighted by Gasteiger charge is -2.14. The molecule has 0 unspecified atom stereocenters. The topological polar surface area (TPSA) is 126 Å². The molecule has 0 radical (unpaired) electrons. The first kappa shape index (κ1) is 26.4. The highest BCUT2D eigenvalue weighted by molar-refractivity contribution is 6.37. The van der Waals surface area contributed by atoms with Gasteiger partial charge in [0, 0.05) is 11.1 Å². The Hall–Kier alpha value is -4.21. The number of anilines is 1. The number of rotatable bonds is 6. The summed E-state index contributed by atoms with van der Waals surface area (Å²) >= 11 is 0. The van der Waals surface area contributed by atoms with Gasteiger partial charge in [-0.1, -0.05) is 13.8 Å². The van der Waals surface area contributed by atoms with Crippen molar-refractivity contribution in [1.82, 2.24) is 9.78 Å². The molecule has 1 amide bonds. The van der Waals surface area contributed by atoms with Gasteiger partial charge in [0.05, 0.1) is 24.4 Å². The van der Waals surface area contributed by atoms with Crippen LogP contribution >= 0.6 is 0 Å². The number of ether oxygens (including phenoxy) is 3. The first-order valence-electron chi connectivity index (χ1n) is 11.6. The lowest BCUT2D eigenvalue weighted by atomic mass is 10.1. The molecule has 0 aliphatic heterocycles. The smallest absolute Gasteiger partial charge is 0.399 e. The van der Waals surface area contributed by atoms with E-state index in [2.05, 4.69) is 10.4 Å². The van der Waals surface area contributed by atoms with Crippen LogP contribution in [0.5, 0.6) is 11.5 Å². The molecule has 2 aromatic carbocycles. The molecule has 1 aromatic heterocycles. The van der Waals surface area contributed by atoms with Gasteiger partial charge in [0.1, 0.15) is 11.5 Å². The van der Waals surface area contributed by atoms with Gasteiger partial charge in [-0.3, -0.25) is 9.59 Å².